The quantitative estimate of drug-likeness (QED) is 0.807. The number of nitrogens with one attached hydrogen (secondary N) is 1. The molecule has 1 aromatic heterocycles. The summed E-state index contributed by atoms with van der Waals surface area (Å²) in [6.07, 6.45) is 0. The van der Waals surface area contributed by atoms with E-state index in [0.29, 0.717) is 19.3 Å². The lowest BCUT2D eigenvalue weighted by atomic mass is 10.3. The number of ether oxygens (including phenoxy) is 1. The van der Waals surface area contributed by atoms with E-state index in [-0.39, 0.29) is 0 Å². The van der Waals surface area contributed by atoms with Gasteiger partial charge in [0, 0.05) is 32.3 Å². The maximum Gasteiger partial charge on any atom is 0.158 e. The van der Waals surface area contributed by atoms with Crippen molar-refractivity contribution in [1.29, 1.82) is 0 Å². The van der Waals surface area contributed by atoms with E-state index in [1.165, 1.54) is 0 Å². The Morgan fingerprint density at radius 3 is 2.61 bits per heavy atom. The Bertz CT molecular complexity index is 368. The summed E-state index contributed by atoms with van der Waals surface area (Å²) < 4.78 is 5.38. The predicted molar refractivity (Wildman–Crippen MR) is 75.1 cm³/mol. The lowest BCUT2D eigenvalue weighted by Gasteiger charge is -2.23. The first kappa shape index (κ1) is 14.7. The van der Waals surface area contributed by atoms with Crippen LogP contribution < -0.4 is 10.2 Å². The lowest BCUT2D eigenvalue weighted by Crippen LogP contribution is -2.27. The zero-order valence-electron chi connectivity index (χ0n) is 12.0. The van der Waals surface area contributed by atoms with Crippen LogP contribution in [0, 0.1) is 0 Å². The summed E-state index contributed by atoms with van der Waals surface area (Å²) in [5, 5.41) is 3.23. The molecule has 5 nitrogen and oxygen atoms in total. The molecule has 18 heavy (non-hydrogen) atoms. The summed E-state index contributed by atoms with van der Waals surface area (Å²) >= 11 is 0. The molecule has 0 unspecified atom stereocenters. The minimum absolute atomic E-state index is 0.398. The van der Waals surface area contributed by atoms with Crippen LogP contribution in [0.25, 0.3) is 0 Å². The largest absolute Gasteiger partial charge is 0.374 e. The zero-order valence-corrected chi connectivity index (χ0v) is 12.0. The molecule has 0 spiro atoms. The van der Waals surface area contributed by atoms with E-state index in [0.717, 1.165) is 24.0 Å². The highest BCUT2D eigenvalue weighted by atomic mass is 16.5. The smallest absolute Gasteiger partial charge is 0.158 e. The van der Waals surface area contributed by atoms with Crippen molar-refractivity contribution >= 4 is 11.6 Å². The topological polar surface area (TPSA) is 50.3 Å². The van der Waals surface area contributed by atoms with E-state index in [1.807, 2.05) is 20.0 Å². The molecule has 0 aliphatic rings. The van der Waals surface area contributed by atoms with Crippen molar-refractivity contribution in [3.63, 3.8) is 0 Å². The van der Waals surface area contributed by atoms with Gasteiger partial charge in [0.15, 0.2) is 5.82 Å². The molecule has 102 valence electrons. The summed E-state index contributed by atoms with van der Waals surface area (Å²) in [7, 11) is 2.03. The number of aromatic nitrogens is 2. The van der Waals surface area contributed by atoms with Gasteiger partial charge in [0.05, 0.1) is 0 Å². The van der Waals surface area contributed by atoms with E-state index in [2.05, 4.69) is 41.0 Å². The maximum atomic E-state index is 5.38. The van der Waals surface area contributed by atoms with Gasteiger partial charge >= 0.3 is 0 Å². The molecule has 5 heteroatoms. The molecule has 1 N–H and O–H groups in total. The highest BCUT2D eigenvalue weighted by Crippen LogP contribution is 2.17. The first-order valence-electron chi connectivity index (χ1n) is 6.50. The first-order valence-corrected chi connectivity index (χ1v) is 6.50. The minimum Gasteiger partial charge on any atom is -0.374 e. The Hall–Kier alpha value is -1.36. The summed E-state index contributed by atoms with van der Waals surface area (Å²) in [6.45, 7) is 10.3. The fraction of sp³-hybridized carbons (Fsp3) is 0.692. The molecular formula is C13H24N4O. The number of hydrogen-bond donors (Lipinski definition) is 1. The van der Waals surface area contributed by atoms with Crippen molar-refractivity contribution in [3.8, 4) is 0 Å². The summed E-state index contributed by atoms with van der Waals surface area (Å²) in [5.74, 6) is 2.49. The molecule has 0 fully saturated rings. The maximum absolute atomic E-state index is 5.38. The van der Waals surface area contributed by atoms with E-state index >= 15 is 0 Å². The molecule has 1 rings (SSSR count). The molecule has 0 amide bonds. The van der Waals surface area contributed by atoms with Crippen molar-refractivity contribution in [1.82, 2.24) is 9.97 Å². The molecule has 1 heterocycles. The average molecular weight is 252 g/mol. The van der Waals surface area contributed by atoms with Crippen LogP contribution in [0.15, 0.2) is 6.07 Å². The van der Waals surface area contributed by atoms with Crippen LogP contribution in [0.5, 0.6) is 0 Å². The highest BCUT2D eigenvalue weighted by Gasteiger charge is 2.10. The van der Waals surface area contributed by atoms with Crippen LogP contribution in [0.2, 0.25) is 0 Å². The number of nitrogens with zero attached hydrogens (tertiary/aromatic N) is 3. The van der Waals surface area contributed by atoms with E-state index < -0.39 is 0 Å². The molecule has 0 atom stereocenters. The van der Waals surface area contributed by atoms with Gasteiger partial charge in [-0.25, -0.2) is 9.97 Å². The Balaban J connectivity index is 2.97. The third kappa shape index (κ3) is 4.14. The normalized spacial score (nSPS) is 10.8. The Kier molecular flexibility index (Phi) is 5.85. The Labute approximate surface area is 110 Å². The highest BCUT2D eigenvalue weighted by molar-refractivity contribution is 5.49. The number of anilines is 2. The second kappa shape index (κ2) is 7.16. The van der Waals surface area contributed by atoms with Gasteiger partial charge in [0.25, 0.3) is 0 Å². The molecule has 1 aromatic rings. The van der Waals surface area contributed by atoms with Gasteiger partial charge in [0.2, 0.25) is 0 Å². The fourth-order valence-corrected chi connectivity index (χ4v) is 1.46. The molecule has 0 saturated heterocycles. The van der Waals surface area contributed by atoms with Crippen LogP contribution in [-0.4, -0.2) is 36.2 Å². The SMILES string of the molecule is CCNc1cc(N(C)C(C)C)nc(COCC)n1. The second-order valence-electron chi connectivity index (χ2n) is 4.40. The van der Waals surface area contributed by atoms with Gasteiger partial charge in [-0.05, 0) is 27.7 Å². The molecule has 0 radical (unpaired) electrons. The van der Waals surface area contributed by atoms with Gasteiger partial charge in [0.1, 0.15) is 18.2 Å². The van der Waals surface area contributed by atoms with Gasteiger partial charge in [-0.3, -0.25) is 0 Å². The standard InChI is InChI=1S/C13H24N4O/c1-6-14-11-8-13(17(5)10(3)4)16-12(15-11)9-18-7-2/h8,10H,6-7,9H2,1-5H3,(H,14,15,16). The monoisotopic (exact) mass is 252 g/mol. The number of hydrogen-bond acceptors (Lipinski definition) is 5. The predicted octanol–water partition coefficient (Wildman–Crippen LogP) is 2.29. The molecule has 0 saturated carbocycles. The summed E-state index contributed by atoms with van der Waals surface area (Å²) in [5.41, 5.74) is 0. The average Bonchev–Trinajstić information content (AvgIpc) is 2.35. The molecule has 0 aliphatic carbocycles. The van der Waals surface area contributed by atoms with Crippen molar-refractivity contribution in [2.24, 2.45) is 0 Å². The first-order chi connectivity index (χ1) is 8.58. The van der Waals surface area contributed by atoms with Crippen LogP contribution in [0.3, 0.4) is 0 Å². The van der Waals surface area contributed by atoms with Gasteiger partial charge < -0.3 is 15.0 Å². The van der Waals surface area contributed by atoms with Crippen LogP contribution in [0.4, 0.5) is 11.6 Å². The van der Waals surface area contributed by atoms with Gasteiger partial charge in [-0.2, -0.15) is 0 Å². The third-order valence-electron chi connectivity index (χ3n) is 2.69. The Morgan fingerprint density at radius 1 is 1.33 bits per heavy atom. The van der Waals surface area contributed by atoms with Crippen molar-refractivity contribution in [3.05, 3.63) is 11.9 Å². The van der Waals surface area contributed by atoms with Crippen LogP contribution >= 0.6 is 0 Å². The summed E-state index contributed by atoms with van der Waals surface area (Å²) in [4.78, 5) is 11.1. The van der Waals surface area contributed by atoms with Crippen molar-refractivity contribution < 1.29 is 4.74 Å². The second-order valence-corrected chi connectivity index (χ2v) is 4.40. The molecule has 0 aliphatic heterocycles. The third-order valence-corrected chi connectivity index (χ3v) is 2.69. The van der Waals surface area contributed by atoms with Crippen LogP contribution in [0.1, 0.15) is 33.5 Å². The number of rotatable bonds is 7. The lowest BCUT2D eigenvalue weighted by molar-refractivity contribution is 0.128. The van der Waals surface area contributed by atoms with E-state index in [4.69, 9.17) is 4.74 Å². The molecule has 0 aromatic carbocycles. The fourth-order valence-electron chi connectivity index (χ4n) is 1.46. The Morgan fingerprint density at radius 2 is 2.06 bits per heavy atom. The zero-order chi connectivity index (χ0) is 13.5. The minimum atomic E-state index is 0.398. The molecular weight excluding hydrogens is 228 g/mol. The van der Waals surface area contributed by atoms with Crippen LogP contribution in [-0.2, 0) is 11.3 Å². The van der Waals surface area contributed by atoms with E-state index in [9.17, 15) is 0 Å². The van der Waals surface area contributed by atoms with Gasteiger partial charge in [-0.15, -0.1) is 0 Å². The summed E-state index contributed by atoms with van der Waals surface area (Å²) in [6, 6.07) is 2.37. The van der Waals surface area contributed by atoms with E-state index in [1.54, 1.807) is 0 Å². The molecule has 0 bridgehead atoms. The van der Waals surface area contributed by atoms with Crippen molar-refractivity contribution in [2.45, 2.75) is 40.3 Å². The van der Waals surface area contributed by atoms with Crippen molar-refractivity contribution in [2.75, 3.05) is 30.4 Å². The van der Waals surface area contributed by atoms with Gasteiger partial charge in [-0.1, -0.05) is 0 Å².